The molecule has 3 N–H and O–H groups in total. The van der Waals surface area contributed by atoms with Crippen molar-refractivity contribution in [3.05, 3.63) is 65.7 Å². The fraction of sp³-hybridized carbons (Fsp3) is 0.364. The summed E-state index contributed by atoms with van der Waals surface area (Å²) in [5, 5.41) is 3.06. The van der Waals surface area contributed by atoms with Crippen LogP contribution in [0.1, 0.15) is 35.2 Å². The Balaban J connectivity index is 1.52. The van der Waals surface area contributed by atoms with Gasteiger partial charge in [-0.15, -0.1) is 0 Å². The Morgan fingerprint density at radius 2 is 1.82 bits per heavy atom. The lowest BCUT2D eigenvalue weighted by atomic mass is 10.0. The Kier molecular flexibility index (Phi) is 7.03. The predicted molar refractivity (Wildman–Crippen MR) is 108 cm³/mol. The van der Waals surface area contributed by atoms with E-state index in [1.807, 2.05) is 6.07 Å². The van der Waals surface area contributed by atoms with Crippen LogP contribution in [-0.4, -0.2) is 42.5 Å². The molecule has 2 amide bonds. The number of carbonyl (C=O) groups excluding carboxylic acids is 2. The zero-order valence-electron chi connectivity index (χ0n) is 16.0. The summed E-state index contributed by atoms with van der Waals surface area (Å²) in [5.74, 6) is -0.127. The molecule has 2 aromatic rings. The molecule has 0 bridgehead atoms. The van der Waals surface area contributed by atoms with Crippen molar-refractivity contribution in [3.8, 4) is 5.75 Å². The number of ether oxygens (including phenoxy) is 1. The van der Waals surface area contributed by atoms with Crippen molar-refractivity contribution in [2.24, 2.45) is 5.73 Å². The summed E-state index contributed by atoms with van der Waals surface area (Å²) in [6.07, 6.45) is 3.48. The third-order valence-corrected chi connectivity index (χ3v) is 4.97. The van der Waals surface area contributed by atoms with Crippen molar-refractivity contribution < 1.29 is 14.3 Å². The molecule has 1 unspecified atom stereocenters. The number of nitrogens with zero attached hydrogens (tertiary/aromatic N) is 1. The van der Waals surface area contributed by atoms with Gasteiger partial charge in [-0.05, 0) is 49.2 Å². The molecule has 1 atom stereocenters. The molecule has 0 saturated carbocycles. The molecular weight excluding hydrogens is 354 g/mol. The number of rotatable bonds is 8. The molecule has 6 heteroatoms. The van der Waals surface area contributed by atoms with Gasteiger partial charge in [-0.1, -0.05) is 36.8 Å². The molecule has 1 aliphatic heterocycles. The van der Waals surface area contributed by atoms with Crippen molar-refractivity contribution in [2.75, 3.05) is 19.7 Å². The summed E-state index contributed by atoms with van der Waals surface area (Å²) in [6, 6.07) is 17.5. The molecule has 1 heterocycles. The Hall–Kier alpha value is -2.86. The Bertz CT molecular complexity index is 777. The highest BCUT2D eigenvalue weighted by molar-refractivity contribution is 5.94. The Labute approximate surface area is 165 Å². The normalized spacial score (nSPS) is 17.1. The van der Waals surface area contributed by atoms with Crippen molar-refractivity contribution in [3.63, 3.8) is 0 Å². The molecular formula is C22H27N3O3. The minimum absolute atomic E-state index is 0.105. The zero-order valence-corrected chi connectivity index (χ0v) is 16.0. The van der Waals surface area contributed by atoms with Crippen LogP contribution in [0.5, 0.6) is 5.75 Å². The molecule has 148 valence electrons. The second-order valence-electron chi connectivity index (χ2n) is 7.10. The van der Waals surface area contributed by atoms with Gasteiger partial charge in [0.1, 0.15) is 5.75 Å². The number of likely N-dealkylation sites (tertiary alicyclic amines) is 1. The van der Waals surface area contributed by atoms with Gasteiger partial charge in [0.2, 0.25) is 0 Å². The van der Waals surface area contributed by atoms with Crippen molar-refractivity contribution >= 4 is 11.8 Å². The van der Waals surface area contributed by atoms with Gasteiger partial charge in [0.25, 0.3) is 11.8 Å². The van der Waals surface area contributed by atoms with Crippen LogP contribution in [0.2, 0.25) is 0 Å². The summed E-state index contributed by atoms with van der Waals surface area (Å²) in [5.41, 5.74) is 6.92. The number of benzene rings is 2. The van der Waals surface area contributed by atoms with E-state index in [1.54, 1.807) is 24.3 Å². The van der Waals surface area contributed by atoms with Crippen LogP contribution in [0.25, 0.3) is 0 Å². The smallest absolute Gasteiger partial charge is 0.255 e. The van der Waals surface area contributed by atoms with E-state index in [0.717, 1.165) is 19.5 Å². The standard InChI is InChI=1S/C22H27N3O3/c23-21(26)16-28-20-11-9-18(10-12-20)22(27)24-14-19-8-4-5-13-25(19)15-17-6-2-1-3-7-17/h1-3,6-7,9-12,19H,4-5,8,13-16H2,(H2,23,26)(H,24,27). The van der Waals surface area contributed by atoms with Crippen LogP contribution >= 0.6 is 0 Å². The highest BCUT2D eigenvalue weighted by Gasteiger charge is 2.23. The van der Waals surface area contributed by atoms with E-state index >= 15 is 0 Å². The van der Waals surface area contributed by atoms with Gasteiger partial charge in [-0.3, -0.25) is 14.5 Å². The molecule has 1 saturated heterocycles. The maximum Gasteiger partial charge on any atom is 0.255 e. The first-order valence-electron chi connectivity index (χ1n) is 9.69. The lowest BCUT2D eigenvalue weighted by Gasteiger charge is -2.35. The maximum absolute atomic E-state index is 12.5. The van der Waals surface area contributed by atoms with E-state index in [-0.39, 0.29) is 12.5 Å². The molecule has 1 fully saturated rings. The molecule has 0 radical (unpaired) electrons. The largest absolute Gasteiger partial charge is 0.484 e. The highest BCUT2D eigenvalue weighted by Crippen LogP contribution is 2.19. The van der Waals surface area contributed by atoms with Crippen LogP contribution in [-0.2, 0) is 11.3 Å². The van der Waals surface area contributed by atoms with Crippen LogP contribution in [0.4, 0.5) is 0 Å². The molecule has 6 nitrogen and oxygen atoms in total. The quantitative estimate of drug-likeness (QED) is 0.735. The van der Waals surface area contributed by atoms with Gasteiger partial charge < -0.3 is 15.8 Å². The van der Waals surface area contributed by atoms with Crippen LogP contribution in [0.3, 0.4) is 0 Å². The third kappa shape index (κ3) is 5.82. The first-order chi connectivity index (χ1) is 13.6. The highest BCUT2D eigenvalue weighted by atomic mass is 16.5. The maximum atomic E-state index is 12.5. The number of nitrogens with one attached hydrogen (secondary N) is 1. The number of primary amides is 1. The van der Waals surface area contributed by atoms with E-state index in [2.05, 4.69) is 34.5 Å². The lowest BCUT2D eigenvalue weighted by molar-refractivity contribution is -0.119. The van der Waals surface area contributed by atoms with Crippen LogP contribution in [0.15, 0.2) is 54.6 Å². The molecule has 1 aliphatic rings. The Morgan fingerprint density at radius 3 is 2.54 bits per heavy atom. The van der Waals surface area contributed by atoms with E-state index in [0.29, 0.717) is 23.9 Å². The minimum atomic E-state index is -0.533. The number of hydrogen-bond acceptors (Lipinski definition) is 4. The summed E-state index contributed by atoms with van der Waals surface area (Å²) >= 11 is 0. The molecule has 2 aromatic carbocycles. The molecule has 0 spiro atoms. The molecule has 28 heavy (non-hydrogen) atoms. The van der Waals surface area contributed by atoms with Gasteiger partial charge >= 0.3 is 0 Å². The lowest BCUT2D eigenvalue weighted by Crippen LogP contribution is -2.46. The third-order valence-electron chi connectivity index (χ3n) is 4.97. The van der Waals surface area contributed by atoms with E-state index < -0.39 is 5.91 Å². The summed E-state index contributed by atoms with van der Waals surface area (Å²) < 4.78 is 5.22. The van der Waals surface area contributed by atoms with Gasteiger partial charge in [0, 0.05) is 24.7 Å². The van der Waals surface area contributed by atoms with Crippen LogP contribution < -0.4 is 15.8 Å². The monoisotopic (exact) mass is 381 g/mol. The van der Waals surface area contributed by atoms with E-state index in [1.165, 1.54) is 18.4 Å². The van der Waals surface area contributed by atoms with E-state index in [4.69, 9.17) is 10.5 Å². The second kappa shape index (κ2) is 9.90. The number of hydrogen-bond donors (Lipinski definition) is 2. The first-order valence-corrected chi connectivity index (χ1v) is 9.69. The molecule has 3 rings (SSSR count). The summed E-state index contributed by atoms with van der Waals surface area (Å²) in [4.78, 5) is 25.7. The summed E-state index contributed by atoms with van der Waals surface area (Å²) in [7, 11) is 0. The van der Waals surface area contributed by atoms with Gasteiger partial charge in [-0.2, -0.15) is 0 Å². The topological polar surface area (TPSA) is 84.7 Å². The van der Waals surface area contributed by atoms with Gasteiger partial charge in [0.15, 0.2) is 6.61 Å². The number of carbonyl (C=O) groups is 2. The molecule has 0 aliphatic carbocycles. The fourth-order valence-electron chi connectivity index (χ4n) is 3.49. The minimum Gasteiger partial charge on any atom is -0.484 e. The zero-order chi connectivity index (χ0) is 19.8. The van der Waals surface area contributed by atoms with E-state index in [9.17, 15) is 9.59 Å². The fourth-order valence-corrected chi connectivity index (χ4v) is 3.49. The number of piperidine rings is 1. The molecule has 0 aromatic heterocycles. The predicted octanol–water partition coefficient (Wildman–Crippen LogP) is 2.34. The second-order valence-corrected chi connectivity index (χ2v) is 7.10. The van der Waals surface area contributed by atoms with Gasteiger partial charge in [-0.25, -0.2) is 0 Å². The average Bonchev–Trinajstić information content (AvgIpc) is 2.72. The average molecular weight is 381 g/mol. The summed E-state index contributed by atoms with van der Waals surface area (Å²) in [6.45, 7) is 2.42. The van der Waals surface area contributed by atoms with Crippen LogP contribution in [0, 0.1) is 0 Å². The SMILES string of the molecule is NC(=O)COc1ccc(C(=O)NCC2CCCCN2Cc2ccccc2)cc1. The van der Waals surface area contributed by atoms with Gasteiger partial charge in [0.05, 0.1) is 0 Å². The van der Waals surface area contributed by atoms with Crippen molar-refractivity contribution in [1.29, 1.82) is 0 Å². The van der Waals surface area contributed by atoms with Crippen molar-refractivity contribution in [1.82, 2.24) is 10.2 Å². The van der Waals surface area contributed by atoms with Crippen molar-refractivity contribution in [2.45, 2.75) is 31.8 Å². The number of amides is 2. The first kappa shape index (κ1) is 19.9. The number of nitrogens with two attached hydrogens (primary N) is 1. The Morgan fingerprint density at radius 1 is 1.07 bits per heavy atom.